The highest BCUT2D eigenvalue weighted by Gasteiger charge is 2.14. The number of carbonyl (C=O) groups is 1. The maximum atomic E-state index is 13.0. The fraction of sp³-hybridized carbons (Fsp3) is 0.200. The molecular weight excluding hydrogens is 425 g/mol. The van der Waals surface area contributed by atoms with Crippen LogP contribution in [0.15, 0.2) is 47.4 Å². The van der Waals surface area contributed by atoms with Crippen LogP contribution in [0.25, 0.3) is 0 Å². The van der Waals surface area contributed by atoms with Gasteiger partial charge in [0.15, 0.2) is 23.9 Å². The highest BCUT2D eigenvalue weighted by atomic mass is 32.2. The van der Waals surface area contributed by atoms with Gasteiger partial charge in [0.1, 0.15) is 19.0 Å². The number of nitrogens with two attached hydrogens (primary N) is 1. The number of nitrogen functional groups attached to an aromatic ring is 1. The highest BCUT2D eigenvalue weighted by Crippen LogP contribution is 2.34. The van der Waals surface area contributed by atoms with Crippen LogP contribution in [0, 0.1) is 5.82 Å². The van der Waals surface area contributed by atoms with Gasteiger partial charge in [0.05, 0.1) is 5.75 Å². The molecule has 4 rings (SSSR count). The van der Waals surface area contributed by atoms with Gasteiger partial charge in [0.25, 0.3) is 0 Å². The molecule has 0 fully saturated rings. The third kappa shape index (κ3) is 5.72. The van der Waals surface area contributed by atoms with Crippen LogP contribution in [0.3, 0.4) is 0 Å². The summed E-state index contributed by atoms with van der Waals surface area (Å²) in [6.07, 6.45) is 0. The van der Waals surface area contributed by atoms with Crippen LogP contribution in [0.5, 0.6) is 11.5 Å². The van der Waals surface area contributed by atoms with Crippen LogP contribution in [-0.4, -0.2) is 39.9 Å². The lowest BCUT2D eigenvalue weighted by Gasteiger charge is -2.18. The first-order valence-corrected chi connectivity index (χ1v) is 10.2. The van der Waals surface area contributed by atoms with Gasteiger partial charge >= 0.3 is 5.97 Å². The Morgan fingerprint density at radius 1 is 1.10 bits per heavy atom. The first-order valence-electron chi connectivity index (χ1n) is 9.26. The van der Waals surface area contributed by atoms with Gasteiger partial charge in [-0.25, -0.2) is 4.39 Å². The molecule has 0 amide bonds. The van der Waals surface area contributed by atoms with Crippen LogP contribution >= 0.6 is 11.8 Å². The smallest absolute Gasteiger partial charge is 0.316 e. The molecule has 0 saturated heterocycles. The molecule has 3 aromatic rings. The van der Waals surface area contributed by atoms with Gasteiger partial charge in [-0.3, -0.25) is 4.79 Å². The quantitative estimate of drug-likeness (QED) is 0.416. The Kier molecular flexibility index (Phi) is 6.32. The zero-order chi connectivity index (χ0) is 21.6. The Labute approximate surface area is 181 Å². The van der Waals surface area contributed by atoms with Gasteiger partial charge < -0.3 is 25.3 Å². The fourth-order valence-electron chi connectivity index (χ4n) is 2.66. The normalized spacial score (nSPS) is 12.3. The number of nitrogens with zero attached hydrogens (tertiary/aromatic N) is 3. The van der Waals surface area contributed by atoms with Gasteiger partial charge in [0.2, 0.25) is 11.9 Å². The lowest BCUT2D eigenvalue weighted by molar-refractivity contribution is -0.141. The number of esters is 1. The van der Waals surface area contributed by atoms with E-state index in [2.05, 4.69) is 20.3 Å². The number of benzene rings is 2. The second kappa shape index (κ2) is 9.47. The van der Waals surface area contributed by atoms with Crippen molar-refractivity contribution in [2.75, 3.05) is 30.0 Å². The Hall–Kier alpha value is -3.60. The molecule has 0 unspecified atom stereocenters. The average molecular weight is 443 g/mol. The van der Waals surface area contributed by atoms with E-state index in [4.69, 9.17) is 19.9 Å². The zero-order valence-electron chi connectivity index (χ0n) is 16.2. The third-order valence-electron chi connectivity index (χ3n) is 4.03. The van der Waals surface area contributed by atoms with Crippen molar-refractivity contribution >= 4 is 35.3 Å². The van der Waals surface area contributed by atoms with Crippen LogP contribution in [0.1, 0.15) is 5.82 Å². The van der Waals surface area contributed by atoms with Crippen molar-refractivity contribution < 1.29 is 23.4 Å². The monoisotopic (exact) mass is 443 g/mol. The minimum absolute atomic E-state index is 0.0312. The van der Waals surface area contributed by atoms with E-state index in [1.165, 1.54) is 36.0 Å². The van der Waals surface area contributed by atoms with Gasteiger partial charge in [0, 0.05) is 10.6 Å². The number of fused-ring (bicyclic) bond motifs is 1. The second-order valence-corrected chi connectivity index (χ2v) is 7.37. The SMILES string of the molecule is Nc1nc(COC(=O)CSc2ccc3c(c2)OCCO3)nc(Nc2ccc(F)cc2)n1. The van der Waals surface area contributed by atoms with Gasteiger partial charge in [-0.1, -0.05) is 0 Å². The minimum Gasteiger partial charge on any atom is -0.486 e. The van der Waals surface area contributed by atoms with Crippen molar-refractivity contribution in [2.24, 2.45) is 0 Å². The molecule has 11 heteroatoms. The number of halogens is 1. The minimum atomic E-state index is -0.438. The van der Waals surface area contributed by atoms with Gasteiger partial charge in [-0.2, -0.15) is 15.0 Å². The molecule has 0 bridgehead atoms. The summed E-state index contributed by atoms with van der Waals surface area (Å²) in [5.74, 6) is 0.972. The van der Waals surface area contributed by atoms with Crippen LogP contribution in [0.2, 0.25) is 0 Å². The summed E-state index contributed by atoms with van der Waals surface area (Å²) in [7, 11) is 0. The van der Waals surface area contributed by atoms with E-state index >= 15 is 0 Å². The van der Waals surface area contributed by atoms with Crippen molar-refractivity contribution in [3.63, 3.8) is 0 Å². The molecule has 2 heterocycles. The van der Waals surface area contributed by atoms with Crippen LogP contribution in [-0.2, 0) is 16.1 Å². The summed E-state index contributed by atoms with van der Waals surface area (Å²) in [4.78, 5) is 25.1. The number of aromatic nitrogens is 3. The Bertz CT molecular complexity index is 1080. The summed E-state index contributed by atoms with van der Waals surface area (Å²) in [5, 5.41) is 2.90. The number of rotatable bonds is 7. The lowest BCUT2D eigenvalue weighted by Crippen LogP contribution is -2.15. The molecule has 1 aliphatic rings. The predicted octanol–water partition coefficient (Wildman–Crippen LogP) is 2.94. The molecule has 1 aromatic heterocycles. The van der Waals surface area contributed by atoms with E-state index < -0.39 is 5.97 Å². The molecule has 0 aliphatic carbocycles. The van der Waals surface area contributed by atoms with E-state index in [-0.39, 0.29) is 35.9 Å². The zero-order valence-corrected chi connectivity index (χ0v) is 17.0. The van der Waals surface area contributed by atoms with E-state index in [1.54, 1.807) is 0 Å². The molecule has 3 N–H and O–H groups in total. The van der Waals surface area contributed by atoms with E-state index in [0.29, 0.717) is 30.4 Å². The fourth-order valence-corrected chi connectivity index (χ4v) is 3.39. The number of ether oxygens (including phenoxy) is 3. The molecule has 1 aliphatic heterocycles. The van der Waals surface area contributed by atoms with Crippen molar-refractivity contribution in [3.05, 3.63) is 54.1 Å². The molecule has 0 atom stereocenters. The number of thioether (sulfide) groups is 1. The van der Waals surface area contributed by atoms with Crippen LogP contribution in [0.4, 0.5) is 22.0 Å². The average Bonchev–Trinajstić information content (AvgIpc) is 2.77. The maximum Gasteiger partial charge on any atom is 0.316 e. The van der Waals surface area contributed by atoms with E-state index in [0.717, 1.165) is 4.90 Å². The third-order valence-corrected chi connectivity index (χ3v) is 5.00. The molecule has 0 spiro atoms. The summed E-state index contributed by atoms with van der Waals surface area (Å²) < 4.78 is 29.3. The number of anilines is 3. The molecule has 160 valence electrons. The maximum absolute atomic E-state index is 13.0. The Morgan fingerprint density at radius 3 is 2.68 bits per heavy atom. The summed E-state index contributed by atoms with van der Waals surface area (Å²) in [5.41, 5.74) is 6.28. The van der Waals surface area contributed by atoms with Crippen molar-refractivity contribution in [1.29, 1.82) is 0 Å². The summed E-state index contributed by atoms with van der Waals surface area (Å²) in [6.45, 7) is 0.857. The molecule has 9 nitrogen and oxygen atoms in total. The number of hydrogen-bond acceptors (Lipinski definition) is 10. The lowest BCUT2D eigenvalue weighted by atomic mass is 10.3. The first kappa shape index (κ1) is 20.7. The second-order valence-electron chi connectivity index (χ2n) is 6.32. The first-order chi connectivity index (χ1) is 15.0. The van der Waals surface area contributed by atoms with Crippen molar-refractivity contribution in [3.8, 4) is 11.5 Å². The molecule has 2 aromatic carbocycles. The van der Waals surface area contributed by atoms with Gasteiger partial charge in [-0.05, 0) is 42.5 Å². The standard InChI is InChI=1S/C20H18FN5O4S/c21-12-1-3-13(4-2-12)23-20-25-17(24-19(22)26-20)10-30-18(27)11-31-14-5-6-15-16(9-14)29-8-7-28-15/h1-6,9H,7-8,10-11H2,(H3,22,23,24,25,26). The van der Waals surface area contributed by atoms with E-state index in [9.17, 15) is 9.18 Å². The topological polar surface area (TPSA) is 121 Å². The molecule has 0 radical (unpaired) electrons. The van der Waals surface area contributed by atoms with E-state index in [1.807, 2.05) is 18.2 Å². The van der Waals surface area contributed by atoms with Crippen LogP contribution < -0.4 is 20.5 Å². The highest BCUT2D eigenvalue weighted by molar-refractivity contribution is 8.00. The number of carbonyl (C=O) groups excluding carboxylic acids is 1. The largest absolute Gasteiger partial charge is 0.486 e. The number of hydrogen-bond donors (Lipinski definition) is 2. The number of nitrogens with one attached hydrogen (secondary N) is 1. The van der Waals surface area contributed by atoms with Crippen molar-refractivity contribution in [1.82, 2.24) is 15.0 Å². The van der Waals surface area contributed by atoms with Crippen molar-refractivity contribution in [2.45, 2.75) is 11.5 Å². The molecule has 31 heavy (non-hydrogen) atoms. The summed E-state index contributed by atoms with van der Waals surface area (Å²) in [6, 6.07) is 11.2. The Balaban J connectivity index is 1.30. The molecular formula is C20H18FN5O4S. The van der Waals surface area contributed by atoms with Gasteiger partial charge in [-0.15, -0.1) is 11.8 Å². The Morgan fingerprint density at radius 2 is 1.87 bits per heavy atom. The molecule has 0 saturated carbocycles. The predicted molar refractivity (Wildman–Crippen MR) is 112 cm³/mol. The summed E-state index contributed by atoms with van der Waals surface area (Å²) >= 11 is 1.31.